The van der Waals surface area contributed by atoms with Crippen LogP contribution >= 0.6 is 0 Å². The maximum Gasteiger partial charge on any atom is 0.414 e. The molecule has 0 aromatic carbocycles. The second kappa shape index (κ2) is 11.9. The molecule has 0 spiro atoms. The van der Waals surface area contributed by atoms with Crippen molar-refractivity contribution in [3.8, 4) is 0 Å². The fourth-order valence-corrected chi connectivity index (χ4v) is 3.67. The number of rotatable bonds is 3. The van der Waals surface area contributed by atoms with Crippen molar-refractivity contribution in [1.82, 2.24) is 9.80 Å². The van der Waals surface area contributed by atoms with Crippen LogP contribution in [0.3, 0.4) is 0 Å². The molecule has 2 saturated heterocycles. The Morgan fingerprint density at radius 1 is 1.00 bits per heavy atom. The molecule has 11 nitrogen and oxygen atoms in total. The minimum absolute atomic E-state index is 0.189. The van der Waals surface area contributed by atoms with Crippen molar-refractivity contribution in [3.05, 3.63) is 0 Å². The lowest BCUT2D eigenvalue weighted by atomic mass is 9.94. The van der Waals surface area contributed by atoms with E-state index in [0.29, 0.717) is 36.8 Å². The van der Waals surface area contributed by atoms with E-state index in [2.05, 4.69) is 6.92 Å². The van der Waals surface area contributed by atoms with Crippen LogP contribution in [0.25, 0.3) is 0 Å². The fourth-order valence-electron chi connectivity index (χ4n) is 3.67. The molecule has 2 N–H and O–H groups in total. The van der Waals surface area contributed by atoms with Crippen molar-refractivity contribution in [2.45, 2.75) is 84.9 Å². The molecule has 2 aliphatic heterocycles. The summed E-state index contributed by atoms with van der Waals surface area (Å²) < 4.78 is 10.4. The number of ether oxygens (including phenoxy) is 2. The van der Waals surface area contributed by atoms with Gasteiger partial charge in [-0.15, -0.1) is 0 Å². The molecular weight excluding hydrogens is 436 g/mol. The number of piperidine rings is 2. The summed E-state index contributed by atoms with van der Waals surface area (Å²) in [4.78, 5) is 58.7. The number of hydrogen-bond acceptors (Lipinski definition) is 7. The number of esters is 1. The molecule has 33 heavy (non-hydrogen) atoms. The fraction of sp³-hybridized carbons (Fsp3) is 0.773. The van der Waals surface area contributed by atoms with E-state index in [9.17, 15) is 24.0 Å². The second-order valence-corrected chi connectivity index (χ2v) is 9.41. The van der Waals surface area contributed by atoms with Crippen LogP contribution in [0, 0.1) is 11.8 Å². The third-order valence-electron chi connectivity index (χ3n) is 5.34. The molecule has 188 valence electrons. The number of carbonyl (C=O) groups is 5. The molecule has 0 saturated carbocycles. The summed E-state index contributed by atoms with van der Waals surface area (Å²) in [6.07, 6.45) is 0.238. The van der Waals surface area contributed by atoms with Gasteiger partial charge < -0.3 is 19.7 Å². The third-order valence-corrected chi connectivity index (χ3v) is 5.34. The first-order chi connectivity index (χ1) is 15.2. The Hall–Kier alpha value is -2.85. The maximum absolute atomic E-state index is 12.2. The number of amides is 3. The van der Waals surface area contributed by atoms with Crippen LogP contribution < -0.4 is 0 Å². The summed E-state index contributed by atoms with van der Waals surface area (Å²) >= 11 is 0. The van der Waals surface area contributed by atoms with E-state index in [4.69, 9.17) is 19.7 Å². The average molecular weight is 473 g/mol. The van der Waals surface area contributed by atoms with E-state index in [-0.39, 0.29) is 12.4 Å². The van der Waals surface area contributed by atoms with Gasteiger partial charge >= 0.3 is 24.1 Å². The molecule has 2 rings (SSSR count). The number of nitrogens with zero attached hydrogens (tertiary/aromatic N) is 2. The standard InChI is InChI=1S/C14H25NO4.C8H11NO5/c1-6-18-12(16)11-8-7-10(2)9-15(11)13(17)19-14(3,4)5;1-4-2-3-5(7(11)12)9(6(4)10)8(13)14/h10-11H,6-9H2,1-5H3;4-5H,2-3H2,1H3,(H,11,12)(H,13,14)/t10?,11-;4?,5-/m00/s1. The highest BCUT2D eigenvalue weighted by atomic mass is 16.6. The number of carboxylic acids is 1. The Labute approximate surface area is 194 Å². The van der Waals surface area contributed by atoms with Gasteiger partial charge in [-0.25, -0.2) is 24.1 Å². The minimum Gasteiger partial charge on any atom is -0.480 e. The molecule has 2 heterocycles. The molecular formula is C22H36N2O9. The van der Waals surface area contributed by atoms with Gasteiger partial charge in [0.15, 0.2) is 0 Å². The van der Waals surface area contributed by atoms with E-state index in [0.717, 1.165) is 6.42 Å². The van der Waals surface area contributed by atoms with Crippen LogP contribution in [0.5, 0.6) is 0 Å². The van der Waals surface area contributed by atoms with Crippen LogP contribution in [-0.2, 0) is 23.9 Å². The number of imide groups is 1. The van der Waals surface area contributed by atoms with Gasteiger partial charge in [0.25, 0.3) is 0 Å². The quantitative estimate of drug-likeness (QED) is 0.591. The first kappa shape index (κ1) is 28.2. The zero-order valence-electron chi connectivity index (χ0n) is 20.2. The Morgan fingerprint density at radius 2 is 1.58 bits per heavy atom. The molecule has 2 unspecified atom stereocenters. The van der Waals surface area contributed by atoms with Crippen LogP contribution in [0.15, 0.2) is 0 Å². The van der Waals surface area contributed by atoms with Gasteiger partial charge in [-0.3, -0.25) is 9.69 Å². The van der Waals surface area contributed by atoms with Crippen molar-refractivity contribution >= 4 is 30.0 Å². The van der Waals surface area contributed by atoms with Gasteiger partial charge in [0, 0.05) is 12.5 Å². The lowest BCUT2D eigenvalue weighted by Crippen LogP contribution is -2.53. The first-order valence-electron chi connectivity index (χ1n) is 11.1. The second-order valence-electron chi connectivity index (χ2n) is 9.41. The Morgan fingerprint density at radius 3 is 2.06 bits per heavy atom. The molecule has 2 fully saturated rings. The lowest BCUT2D eigenvalue weighted by molar-refractivity contribution is -0.153. The van der Waals surface area contributed by atoms with Gasteiger partial charge in [0.1, 0.15) is 17.7 Å². The summed E-state index contributed by atoms with van der Waals surface area (Å²) in [5.41, 5.74) is -0.559. The summed E-state index contributed by atoms with van der Waals surface area (Å²) in [5, 5.41) is 17.4. The van der Waals surface area contributed by atoms with Crippen LogP contribution in [0.1, 0.15) is 67.2 Å². The molecule has 3 amide bonds. The zero-order chi connectivity index (χ0) is 25.5. The summed E-state index contributed by atoms with van der Waals surface area (Å²) in [7, 11) is 0. The number of aliphatic carboxylic acids is 1. The highest BCUT2D eigenvalue weighted by molar-refractivity contribution is 5.97. The van der Waals surface area contributed by atoms with E-state index < -0.39 is 47.7 Å². The van der Waals surface area contributed by atoms with Crippen LogP contribution in [-0.4, -0.2) is 80.9 Å². The van der Waals surface area contributed by atoms with Gasteiger partial charge in [-0.05, 0) is 59.3 Å². The van der Waals surface area contributed by atoms with E-state index in [1.807, 2.05) is 20.8 Å². The molecule has 0 bridgehead atoms. The van der Waals surface area contributed by atoms with Crippen molar-refractivity contribution in [1.29, 1.82) is 0 Å². The number of likely N-dealkylation sites (tertiary alicyclic amines) is 2. The normalized spacial score (nSPS) is 25.5. The van der Waals surface area contributed by atoms with Gasteiger partial charge in [-0.1, -0.05) is 13.8 Å². The van der Waals surface area contributed by atoms with Gasteiger partial charge in [-0.2, -0.15) is 0 Å². The molecule has 0 radical (unpaired) electrons. The maximum atomic E-state index is 12.2. The Bertz CT molecular complexity index is 747. The predicted octanol–water partition coefficient (Wildman–Crippen LogP) is 2.96. The molecule has 0 aliphatic carbocycles. The topological polar surface area (TPSA) is 151 Å². The molecule has 0 aromatic rings. The number of carboxylic acid groups (broad SMARTS) is 2. The minimum atomic E-state index is -1.49. The Balaban J connectivity index is 0.000000346. The van der Waals surface area contributed by atoms with Gasteiger partial charge in [0.05, 0.1) is 6.61 Å². The van der Waals surface area contributed by atoms with Crippen molar-refractivity contribution in [2.75, 3.05) is 13.2 Å². The SMILES string of the molecule is CC1CC[C@@H](C(=O)O)N(C(=O)O)C1=O.CCOC(=O)[C@@H]1CCC(C)CN1C(=O)OC(C)(C)C. The summed E-state index contributed by atoms with van der Waals surface area (Å²) in [6.45, 7) is 11.7. The van der Waals surface area contributed by atoms with Crippen molar-refractivity contribution < 1.29 is 43.7 Å². The zero-order valence-corrected chi connectivity index (χ0v) is 20.2. The highest BCUT2D eigenvalue weighted by Crippen LogP contribution is 2.25. The monoisotopic (exact) mass is 472 g/mol. The van der Waals surface area contributed by atoms with E-state index in [1.165, 1.54) is 4.90 Å². The Kier molecular flexibility index (Phi) is 10.1. The lowest BCUT2D eigenvalue weighted by Gasteiger charge is -2.37. The molecule has 2 aliphatic rings. The average Bonchev–Trinajstić information content (AvgIpc) is 2.68. The number of hydrogen-bond donors (Lipinski definition) is 2. The molecule has 4 atom stereocenters. The van der Waals surface area contributed by atoms with Crippen molar-refractivity contribution in [3.63, 3.8) is 0 Å². The number of carbonyl (C=O) groups excluding carboxylic acids is 3. The summed E-state index contributed by atoms with van der Waals surface area (Å²) in [6, 6.07) is -1.73. The van der Waals surface area contributed by atoms with Gasteiger partial charge in [0.2, 0.25) is 5.91 Å². The predicted molar refractivity (Wildman–Crippen MR) is 116 cm³/mol. The third kappa shape index (κ3) is 8.21. The van der Waals surface area contributed by atoms with Crippen LogP contribution in [0.2, 0.25) is 0 Å². The van der Waals surface area contributed by atoms with E-state index in [1.54, 1.807) is 13.8 Å². The van der Waals surface area contributed by atoms with Crippen molar-refractivity contribution in [2.24, 2.45) is 11.8 Å². The van der Waals surface area contributed by atoms with E-state index >= 15 is 0 Å². The highest BCUT2D eigenvalue weighted by Gasteiger charge is 2.41. The molecule has 0 aromatic heterocycles. The molecule has 11 heteroatoms. The largest absolute Gasteiger partial charge is 0.480 e. The first-order valence-corrected chi connectivity index (χ1v) is 11.1. The summed E-state index contributed by atoms with van der Waals surface area (Å²) in [5.74, 6) is -2.27. The smallest absolute Gasteiger partial charge is 0.414 e. The van der Waals surface area contributed by atoms with Crippen LogP contribution in [0.4, 0.5) is 9.59 Å².